The van der Waals surface area contributed by atoms with Gasteiger partial charge in [0.1, 0.15) is 11.6 Å². The minimum absolute atomic E-state index is 0.334. The van der Waals surface area contributed by atoms with Gasteiger partial charge in [0.25, 0.3) is 0 Å². The first-order valence-electron chi connectivity index (χ1n) is 8.55. The Morgan fingerprint density at radius 1 is 1.40 bits per heavy atom. The quantitative estimate of drug-likeness (QED) is 0.869. The molecule has 1 aliphatic rings. The van der Waals surface area contributed by atoms with Gasteiger partial charge < -0.3 is 10.1 Å². The van der Waals surface area contributed by atoms with Gasteiger partial charge in [-0.15, -0.1) is 0 Å². The minimum Gasteiger partial charge on any atom is -0.480 e. The van der Waals surface area contributed by atoms with Gasteiger partial charge in [-0.25, -0.2) is 4.98 Å². The molecule has 0 aliphatic carbocycles. The molecule has 0 amide bonds. The number of aromatic nitrogens is 3. The number of hydrogen-bond donors (Lipinski definition) is 1. The van der Waals surface area contributed by atoms with Crippen LogP contribution in [0.1, 0.15) is 30.8 Å². The van der Waals surface area contributed by atoms with E-state index in [4.69, 9.17) is 4.74 Å². The molecule has 0 bridgehead atoms. The van der Waals surface area contributed by atoms with E-state index < -0.39 is 0 Å². The molecule has 0 aromatic carbocycles. The number of rotatable bonds is 6. The van der Waals surface area contributed by atoms with Crippen molar-refractivity contribution in [1.29, 1.82) is 5.26 Å². The molecule has 0 saturated heterocycles. The van der Waals surface area contributed by atoms with E-state index in [1.54, 1.807) is 12.3 Å². The lowest BCUT2D eigenvalue weighted by molar-refractivity contribution is 0.192. The van der Waals surface area contributed by atoms with Crippen LogP contribution in [0.2, 0.25) is 0 Å². The highest BCUT2D eigenvalue weighted by atomic mass is 16.5. The van der Waals surface area contributed by atoms with E-state index >= 15 is 0 Å². The Kier molecular flexibility index (Phi) is 5.19. The molecule has 2 aromatic rings. The molecule has 132 valence electrons. The molecule has 3 rings (SSSR count). The largest absolute Gasteiger partial charge is 0.480 e. The Hall–Kier alpha value is -2.59. The summed E-state index contributed by atoms with van der Waals surface area (Å²) in [5.74, 6) is 1.00. The molecule has 0 spiro atoms. The Morgan fingerprint density at radius 3 is 2.96 bits per heavy atom. The minimum atomic E-state index is 0.334. The van der Waals surface area contributed by atoms with E-state index in [1.165, 1.54) is 12.8 Å². The number of ether oxygens (including phenoxy) is 1. The Morgan fingerprint density at radius 2 is 2.24 bits per heavy atom. The highest BCUT2D eigenvalue weighted by Gasteiger charge is 2.19. The van der Waals surface area contributed by atoms with Crippen LogP contribution in [-0.2, 0) is 19.6 Å². The predicted molar refractivity (Wildman–Crippen MR) is 95.2 cm³/mol. The molecule has 0 fully saturated rings. The van der Waals surface area contributed by atoms with Crippen molar-refractivity contribution in [1.82, 2.24) is 19.7 Å². The molecule has 0 radical (unpaired) electrons. The third kappa shape index (κ3) is 3.91. The number of nitrogens with one attached hydrogen (secondary N) is 1. The Bertz CT molecular complexity index is 776. The first kappa shape index (κ1) is 17.2. The van der Waals surface area contributed by atoms with Crippen molar-refractivity contribution in [3.63, 3.8) is 0 Å². The first-order chi connectivity index (χ1) is 12.1. The van der Waals surface area contributed by atoms with Crippen molar-refractivity contribution in [2.45, 2.75) is 33.5 Å². The summed E-state index contributed by atoms with van der Waals surface area (Å²) in [4.78, 5) is 6.53. The monoisotopic (exact) mass is 340 g/mol. The summed E-state index contributed by atoms with van der Waals surface area (Å²) in [6.45, 7) is 9.08. The van der Waals surface area contributed by atoms with Crippen LogP contribution >= 0.6 is 0 Å². The van der Waals surface area contributed by atoms with Crippen LogP contribution in [-0.4, -0.2) is 39.9 Å². The van der Waals surface area contributed by atoms with Crippen LogP contribution in [0.3, 0.4) is 0 Å². The molecule has 2 aromatic heterocycles. The van der Waals surface area contributed by atoms with Gasteiger partial charge in [0, 0.05) is 25.8 Å². The zero-order valence-corrected chi connectivity index (χ0v) is 15.0. The van der Waals surface area contributed by atoms with Crippen molar-refractivity contribution in [3.8, 4) is 11.9 Å². The lowest BCUT2D eigenvalue weighted by Crippen LogP contribution is -2.36. The number of hydrogen-bond acceptors (Lipinski definition) is 6. The van der Waals surface area contributed by atoms with Crippen molar-refractivity contribution in [2.24, 2.45) is 5.92 Å². The van der Waals surface area contributed by atoms with Gasteiger partial charge in [0.15, 0.2) is 0 Å². The fourth-order valence-corrected chi connectivity index (χ4v) is 3.18. The van der Waals surface area contributed by atoms with E-state index in [2.05, 4.69) is 51.0 Å². The molecule has 0 saturated carbocycles. The summed E-state index contributed by atoms with van der Waals surface area (Å²) < 4.78 is 7.23. The van der Waals surface area contributed by atoms with Crippen molar-refractivity contribution in [2.75, 3.05) is 25.5 Å². The molecule has 0 unspecified atom stereocenters. The lowest BCUT2D eigenvalue weighted by Gasteiger charge is -2.28. The molecule has 7 heteroatoms. The first-order valence-corrected chi connectivity index (χ1v) is 8.55. The van der Waals surface area contributed by atoms with Crippen LogP contribution in [0.4, 0.5) is 5.69 Å². The van der Waals surface area contributed by atoms with Crippen LogP contribution in [0.15, 0.2) is 18.3 Å². The van der Waals surface area contributed by atoms with Crippen molar-refractivity contribution in [3.05, 3.63) is 35.3 Å². The van der Waals surface area contributed by atoms with Gasteiger partial charge >= 0.3 is 0 Å². The van der Waals surface area contributed by atoms with Crippen molar-refractivity contribution >= 4 is 5.69 Å². The fraction of sp³-hybridized carbons (Fsp3) is 0.500. The number of pyridine rings is 1. The zero-order chi connectivity index (χ0) is 17.8. The molecular weight excluding hydrogens is 316 g/mol. The average molecular weight is 340 g/mol. The van der Waals surface area contributed by atoms with E-state index in [9.17, 15) is 5.26 Å². The maximum absolute atomic E-state index is 9.33. The normalized spacial score (nSPS) is 14.2. The molecule has 1 N–H and O–H groups in total. The number of anilines is 1. The zero-order valence-electron chi connectivity index (χ0n) is 15.0. The highest BCUT2D eigenvalue weighted by Crippen LogP contribution is 2.23. The second-order valence-electron chi connectivity index (χ2n) is 6.69. The van der Waals surface area contributed by atoms with Gasteiger partial charge in [-0.1, -0.05) is 13.8 Å². The van der Waals surface area contributed by atoms with Crippen molar-refractivity contribution < 1.29 is 4.74 Å². The van der Waals surface area contributed by atoms with Crippen LogP contribution in [0, 0.1) is 17.2 Å². The predicted octanol–water partition coefficient (Wildman–Crippen LogP) is 2.24. The van der Waals surface area contributed by atoms with Gasteiger partial charge in [0.05, 0.1) is 37.3 Å². The van der Waals surface area contributed by atoms with Crippen LogP contribution in [0.25, 0.3) is 0 Å². The summed E-state index contributed by atoms with van der Waals surface area (Å²) in [6, 6.07) is 6.06. The molecular formula is C18H24N6O. The average Bonchev–Trinajstić information content (AvgIpc) is 3.01. The summed E-state index contributed by atoms with van der Waals surface area (Å²) in [5.41, 5.74) is 3.34. The third-order valence-corrected chi connectivity index (χ3v) is 4.23. The smallest absolute Gasteiger partial charge is 0.233 e. The maximum atomic E-state index is 9.33. The van der Waals surface area contributed by atoms with E-state index in [0.717, 1.165) is 31.9 Å². The maximum Gasteiger partial charge on any atom is 0.233 e. The number of nitrogens with zero attached hydrogens (tertiary/aromatic N) is 5. The summed E-state index contributed by atoms with van der Waals surface area (Å²) in [6.07, 6.45) is 1.63. The van der Waals surface area contributed by atoms with E-state index in [0.29, 0.717) is 29.6 Å². The second kappa shape index (κ2) is 7.53. The topological polar surface area (TPSA) is 79.0 Å². The Labute approximate surface area is 148 Å². The van der Waals surface area contributed by atoms with Gasteiger partial charge in [-0.05, 0) is 18.1 Å². The SMILES string of the molecule is COc1nccc(NCc2cc3n(n2)CCN(CC(C)C)C3)c1C#N. The van der Waals surface area contributed by atoms with Gasteiger partial charge in [-0.2, -0.15) is 10.4 Å². The number of fused-ring (bicyclic) bond motifs is 1. The molecule has 1 aliphatic heterocycles. The fourth-order valence-electron chi connectivity index (χ4n) is 3.18. The van der Waals surface area contributed by atoms with E-state index in [1.807, 2.05) is 0 Å². The molecule has 0 atom stereocenters. The standard InChI is InChI=1S/C18H24N6O/c1-13(2)11-23-6-7-24-15(12-23)8-14(22-24)10-21-17-4-5-20-18(25-3)16(17)9-19/h4-5,8,13H,6-7,10-12H2,1-3H3,(H,20,21). The summed E-state index contributed by atoms with van der Waals surface area (Å²) in [7, 11) is 1.51. The van der Waals surface area contributed by atoms with Gasteiger partial charge in [-0.3, -0.25) is 9.58 Å². The lowest BCUT2D eigenvalue weighted by atomic mass is 10.2. The molecule has 7 nitrogen and oxygen atoms in total. The van der Waals surface area contributed by atoms with Crippen LogP contribution < -0.4 is 10.1 Å². The Balaban J connectivity index is 1.68. The highest BCUT2D eigenvalue weighted by molar-refractivity contribution is 5.61. The van der Waals surface area contributed by atoms with Gasteiger partial charge in [0.2, 0.25) is 5.88 Å². The second-order valence-corrected chi connectivity index (χ2v) is 6.69. The molecule has 3 heterocycles. The third-order valence-electron chi connectivity index (χ3n) is 4.23. The molecule has 25 heavy (non-hydrogen) atoms. The summed E-state index contributed by atoms with van der Waals surface area (Å²) in [5, 5.41) is 17.3. The number of nitriles is 1. The number of methoxy groups -OCH3 is 1. The van der Waals surface area contributed by atoms with E-state index in [-0.39, 0.29) is 0 Å². The van der Waals surface area contributed by atoms with Crippen LogP contribution in [0.5, 0.6) is 5.88 Å². The summed E-state index contributed by atoms with van der Waals surface area (Å²) >= 11 is 0.